The second-order valence-electron chi connectivity index (χ2n) is 4.77. The monoisotopic (exact) mass is 296 g/mol. The van der Waals surface area contributed by atoms with E-state index >= 15 is 0 Å². The zero-order valence-electron chi connectivity index (χ0n) is 22.6. The minimum absolute atomic E-state index is 0.927. The lowest BCUT2D eigenvalue weighted by Gasteiger charge is -2.02. The predicted molar refractivity (Wildman–Crippen MR) is 96.4 cm³/mol. The van der Waals surface area contributed by atoms with Crippen LogP contribution in [0.5, 0.6) is 0 Å². The summed E-state index contributed by atoms with van der Waals surface area (Å²) in [4.78, 5) is 0. The lowest BCUT2D eigenvalue weighted by Crippen LogP contribution is -2.16. The predicted octanol–water partition coefficient (Wildman–Crippen LogP) is 6.06. The molecule has 110 valence electrons. The van der Waals surface area contributed by atoms with Crippen molar-refractivity contribution in [2.45, 2.75) is 58.4 Å². The summed E-state index contributed by atoms with van der Waals surface area (Å²) in [5, 5.41) is 0. The van der Waals surface area contributed by atoms with Crippen molar-refractivity contribution in [2.24, 2.45) is 0 Å². The van der Waals surface area contributed by atoms with Crippen LogP contribution in [0.4, 0.5) is 0 Å². The van der Waals surface area contributed by atoms with Gasteiger partial charge in [-0.1, -0.05) is 75.2 Å². The van der Waals surface area contributed by atoms with Crippen LogP contribution in [0.1, 0.15) is 52.5 Å². The van der Waals surface area contributed by atoms with Crippen molar-refractivity contribution in [1.82, 2.24) is 0 Å². The molecule has 0 bridgehead atoms. The van der Waals surface area contributed by atoms with Crippen molar-refractivity contribution in [1.29, 1.82) is 0 Å². The molecule has 0 aliphatic rings. The normalized spacial score (nSPS) is 23.8. The molecule has 0 spiro atoms. The van der Waals surface area contributed by atoms with Gasteiger partial charge >= 0.3 is 0 Å². The fraction of sp³-hybridized carbons (Fsp3) is 0.474. The molecule has 0 nitrogen and oxygen atoms in total. The summed E-state index contributed by atoms with van der Waals surface area (Å²) in [6.45, 7) is 7.16. The third-order valence-corrected chi connectivity index (χ3v) is 2.55. The van der Waals surface area contributed by atoms with Gasteiger partial charge in [-0.15, -0.1) is 11.5 Å². The molecular formula is C19H30Si. The SMILES string of the molecule is [2H]C([2H])(C)/C=C\C([2H])([2H])/C=C\C([2H])([2H])/C=C\C([2H])([2H])/C=C\C([2H])([2H])C#C[Si](C)(C)C. The first-order chi connectivity index (χ1) is 13.0. The fourth-order valence-electron chi connectivity index (χ4n) is 0.846. The fourth-order valence-corrected chi connectivity index (χ4v) is 1.29. The Balaban J connectivity index is 5.34. The van der Waals surface area contributed by atoms with Gasteiger partial charge in [-0.3, -0.25) is 0 Å². The zero-order chi connectivity index (χ0) is 24.1. The van der Waals surface area contributed by atoms with Crippen LogP contribution < -0.4 is 0 Å². The number of hydrogen-bond donors (Lipinski definition) is 0. The van der Waals surface area contributed by atoms with Gasteiger partial charge in [-0.25, -0.2) is 0 Å². The van der Waals surface area contributed by atoms with E-state index in [2.05, 4.69) is 11.5 Å². The second-order valence-corrected chi connectivity index (χ2v) is 9.52. The van der Waals surface area contributed by atoms with Crippen LogP contribution in [0, 0.1) is 11.5 Å². The van der Waals surface area contributed by atoms with Gasteiger partial charge in [-0.2, -0.15) is 0 Å². The van der Waals surface area contributed by atoms with E-state index in [0.29, 0.717) is 0 Å². The van der Waals surface area contributed by atoms with Gasteiger partial charge in [0.2, 0.25) is 0 Å². The Morgan fingerprint density at radius 3 is 1.70 bits per heavy atom. The average Bonchev–Trinajstić information content (AvgIpc) is 2.53. The Hall–Kier alpha value is -1.26. The van der Waals surface area contributed by atoms with Crippen molar-refractivity contribution in [3.63, 3.8) is 0 Å². The van der Waals surface area contributed by atoms with E-state index < -0.39 is 39.9 Å². The summed E-state index contributed by atoms with van der Waals surface area (Å²) in [6, 6.07) is 0. The van der Waals surface area contributed by atoms with E-state index in [4.69, 9.17) is 13.7 Å². The van der Waals surface area contributed by atoms with E-state index in [-0.39, 0.29) is 0 Å². The highest BCUT2D eigenvalue weighted by atomic mass is 28.3. The van der Waals surface area contributed by atoms with E-state index in [1.165, 1.54) is 6.92 Å². The summed E-state index contributed by atoms with van der Waals surface area (Å²) in [6.07, 6.45) is -2.31. The Morgan fingerprint density at radius 1 is 0.800 bits per heavy atom. The molecule has 0 amide bonds. The molecule has 0 unspecified atom stereocenters. The smallest absolute Gasteiger partial charge is 0.129 e. The molecule has 0 aromatic rings. The molecule has 0 atom stereocenters. The molecule has 0 rings (SSSR count). The first kappa shape index (κ1) is 7.66. The standard InChI is InChI=1S/C19H30Si/c1-5-6-7-8-9-10-11-12-13-14-15-16-17-18-19-20(2,3)4/h6-7,9-10,12-13,15-16H,5,8,11,14,17H2,1-4H3/b7-6-,10-9-,13-12-,16-15-/i5D2,8D2,11D2,14D2,17D2. The highest BCUT2D eigenvalue weighted by Crippen LogP contribution is 1.97. The molecule has 0 aromatic heterocycles. The maximum Gasteiger partial charge on any atom is 0.129 e. The second kappa shape index (κ2) is 12.8. The van der Waals surface area contributed by atoms with Crippen molar-refractivity contribution >= 4 is 8.07 Å². The molecule has 0 aliphatic heterocycles. The molecule has 0 aromatic carbocycles. The topological polar surface area (TPSA) is 0 Å². The van der Waals surface area contributed by atoms with Gasteiger partial charge < -0.3 is 0 Å². The molecule has 0 heterocycles. The minimum Gasteiger partial charge on any atom is -0.132 e. The molecule has 0 fully saturated rings. The summed E-state index contributed by atoms with van der Waals surface area (Å²) in [5.74, 6) is 2.51. The molecule has 0 N–H and O–H groups in total. The van der Waals surface area contributed by atoms with Crippen LogP contribution in [0.25, 0.3) is 0 Å². The van der Waals surface area contributed by atoms with Crippen molar-refractivity contribution in [3.8, 4) is 11.5 Å². The van der Waals surface area contributed by atoms with E-state index in [9.17, 15) is 0 Å². The first-order valence-electron chi connectivity index (χ1n) is 11.4. The molecular weight excluding hydrogens is 256 g/mol. The highest BCUT2D eigenvalue weighted by Gasteiger charge is 2.06. The largest absolute Gasteiger partial charge is 0.132 e. The lowest BCUT2D eigenvalue weighted by molar-refractivity contribution is 1.19. The summed E-state index contributed by atoms with van der Waals surface area (Å²) in [7, 11) is -1.78. The molecule has 0 saturated heterocycles. The number of hydrogen-bond acceptors (Lipinski definition) is 0. The first-order valence-corrected chi connectivity index (χ1v) is 9.89. The maximum absolute atomic E-state index is 7.90. The molecule has 0 aliphatic carbocycles. The van der Waals surface area contributed by atoms with Crippen LogP contribution in [0.3, 0.4) is 0 Å². The third-order valence-electron chi connectivity index (χ3n) is 1.67. The molecule has 1 heteroatoms. The van der Waals surface area contributed by atoms with E-state index in [0.717, 1.165) is 48.6 Å². The average molecular weight is 297 g/mol. The molecule has 0 saturated carbocycles. The van der Waals surface area contributed by atoms with Crippen LogP contribution in [-0.2, 0) is 0 Å². The number of allylic oxidation sites excluding steroid dienone is 8. The highest BCUT2D eigenvalue weighted by molar-refractivity contribution is 6.83. The maximum atomic E-state index is 7.90. The van der Waals surface area contributed by atoms with Gasteiger partial charge in [0.1, 0.15) is 8.07 Å². The Morgan fingerprint density at radius 2 is 1.25 bits per heavy atom. The minimum atomic E-state index is -2.16. The van der Waals surface area contributed by atoms with Gasteiger partial charge in [0.05, 0.1) is 0 Å². The third kappa shape index (κ3) is 16.7. The van der Waals surface area contributed by atoms with Crippen molar-refractivity contribution in [2.75, 3.05) is 0 Å². The lowest BCUT2D eigenvalue weighted by atomic mass is 10.2. The summed E-state index contributed by atoms with van der Waals surface area (Å²) in [5.41, 5.74) is 2.89. The summed E-state index contributed by atoms with van der Waals surface area (Å²) < 4.78 is 77.5. The van der Waals surface area contributed by atoms with Gasteiger partial charge in [-0.05, 0) is 25.5 Å². The van der Waals surface area contributed by atoms with Crippen LogP contribution in [0.15, 0.2) is 48.6 Å². The van der Waals surface area contributed by atoms with E-state index in [1.807, 2.05) is 19.6 Å². The number of rotatable bonds is 8. The van der Waals surface area contributed by atoms with Crippen LogP contribution in [0.2, 0.25) is 19.6 Å². The Bertz CT molecular complexity index is 751. The zero-order valence-corrected chi connectivity index (χ0v) is 13.6. The quantitative estimate of drug-likeness (QED) is 0.290. The Labute approximate surface area is 141 Å². The van der Waals surface area contributed by atoms with Crippen molar-refractivity contribution in [3.05, 3.63) is 48.6 Å². The summed E-state index contributed by atoms with van der Waals surface area (Å²) >= 11 is 0. The van der Waals surface area contributed by atoms with E-state index in [1.54, 1.807) is 0 Å². The molecule has 0 radical (unpaired) electrons. The van der Waals surface area contributed by atoms with Gasteiger partial charge in [0.15, 0.2) is 0 Å². The van der Waals surface area contributed by atoms with Gasteiger partial charge in [0, 0.05) is 20.1 Å². The Kier molecular flexibility index (Phi) is 4.89. The van der Waals surface area contributed by atoms with Crippen LogP contribution in [-0.4, -0.2) is 8.07 Å². The van der Waals surface area contributed by atoms with Crippen molar-refractivity contribution < 1.29 is 13.7 Å². The molecule has 20 heavy (non-hydrogen) atoms. The van der Waals surface area contributed by atoms with Gasteiger partial charge in [0.25, 0.3) is 0 Å². The van der Waals surface area contributed by atoms with Crippen LogP contribution >= 0.6 is 0 Å².